The third-order valence-corrected chi connectivity index (χ3v) is 4.70. The minimum atomic E-state index is -0.113. The van der Waals surface area contributed by atoms with Crippen LogP contribution in [-0.4, -0.2) is 29.8 Å². The molecule has 0 aliphatic rings. The zero-order valence-electron chi connectivity index (χ0n) is 15.7. The Kier molecular flexibility index (Phi) is 6.81. The molecular weight excluding hydrogens is 348 g/mol. The SMILES string of the molecule is CCN(CC)C(=O)c1ccc(NC(=O)Cc2cc(C)ccc2C)cc1Cl. The van der Waals surface area contributed by atoms with E-state index >= 15 is 0 Å². The normalized spacial score (nSPS) is 10.5. The van der Waals surface area contributed by atoms with Gasteiger partial charge in [0.15, 0.2) is 0 Å². The molecule has 2 rings (SSSR count). The lowest BCUT2D eigenvalue weighted by atomic mass is 10.0. The Morgan fingerprint density at radius 3 is 2.35 bits per heavy atom. The number of amides is 2. The maximum absolute atomic E-state index is 12.4. The first-order chi connectivity index (χ1) is 12.3. The van der Waals surface area contributed by atoms with Gasteiger partial charge in [0.1, 0.15) is 0 Å². The lowest BCUT2D eigenvalue weighted by molar-refractivity contribution is -0.115. The van der Waals surface area contributed by atoms with Gasteiger partial charge in [0.05, 0.1) is 17.0 Å². The van der Waals surface area contributed by atoms with E-state index in [4.69, 9.17) is 11.6 Å². The molecule has 26 heavy (non-hydrogen) atoms. The van der Waals surface area contributed by atoms with Gasteiger partial charge in [-0.05, 0) is 57.0 Å². The summed E-state index contributed by atoms with van der Waals surface area (Å²) >= 11 is 6.27. The number of hydrogen-bond donors (Lipinski definition) is 1. The van der Waals surface area contributed by atoms with E-state index in [1.807, 2.05) is 45.9 Å². The predicted octanol–water partition coefficient (Wildman–Crippen LogP) is 4.62. The maximum Gasteiger partial charge on any atom is 0.255 e. The van der Waals surface area contributed by atoms with Crippen molar-refractivity contribution in [3.8, 4) is 0 Å². The zero-order chi connectivity index (χ0) is 19.3. The number of carbonyl (C=O) groups excluding carboxylic acids is 2. The highest BCUT2D eigenvalue weighted by molar-refractivity contribution is 6.34. The molecule has 0 heterocycles. The van der Waals surface area contributed by atoms with Crippen LogP contribution < -0.4 is 5.32 Å². The lowest BCUT2D eigenvalue weighted by Gasteiger charge is -2.19. The van der Waals surface area contributed by atoms with Gasteiger partial charge >= 0.3 is 0 Å². The predicted molar refractivity (Wildman–Crippen MR) is 107 cm³/mol. The van der Waals surface area contributed by atoms with Crippen LogP contribution in [0, 0.1) is 13.8 Å². The highest BCUT2D eigenvalue weighted by Crippen LogP contribution is 2.23. The van der Waals surface area contributed by atoms with E-state index in [9.17, 15) is 9.59 Å². The molecule has 0 atom stereocenters. The van der Waals surface area contributed by atoms with Crippen LogP contribution in [-0.2, 0) is 11.2 Å². The number of aryl methyl sites for hydroxylation is 2. The number of benzene rings is 2. The van der Waals surface area contributed by atoms with Gasteiger partial charge in [-0.25, -0.2) is 0 Å². The number of rotatable bonds is 6. The van der Waals surface area contributed by atoms with Crippen LogP contribution >= 0.6 is 11.6 Å². The fraction of sp³-hybridized carbons (Fsp3) is 0.333. The summed E-state index contributed by atoms with van der Waals surface area (Å²) in [5.41, 5.74) is 4.25. The summed E-state index contributed by atoms with van der Waals surface area (Å²) in [6.45, 7) is 9.10. The Morgan fingerprint density at radius 2 is 1.73 bits per heavy atom. The van der Waals surface area contributed by atoms with Crippen LogP contribution in [0.25, 0.3) is 0 Å². The van der Waals surface area contributed by atoms with Gasteiger partial charge < -0.3 is 10.2 Å². The lowest BCUT2D eigenvalue weighted by Crippen LogP contribution is -2.30. The van der Waals surface area contributed by atoms with E-state index in [1.54, 1.807) is 23.1 Å². The Balaban J connectivity index is 2.10. The number of hydrogen-bond acceptors (Lipinski definition) is 2. The zero-order valence-corrected chi connectivity index (χ0v) is 16.5. The highest BCUT2D eigenvalue weighted by atomic mass is 35.5. The summed E-state index contributed by atoms with van der Waals surface area (Å²) in [7, 11) is 0. The molecule has 0 saturated heterocycles. The monoisotopic (exact) mass is 372 g/mol. The van der Waals surface area contributed by atoms with Crippen LogP contribution in [0.15, 0.2) is 36.4 Å². The van der Waals surface area contributed by atoms with Gasteiger partial charge in [0.25, 0.3) is 5.91 Å². The second-order valence-electron chi connectivity index (χ2n) is 6.33. The number of carbonyl (C=O) groups is 2. The smallest absolute Gasteiger partial charge is 0.255 e. The molecule has 0 saturated carbocycles. The van der Waals surface area contributed by atoms with Gasteiger partial charge in [0.2, 0.25) is 5.91 Å². The molecule has 2 aromatic carbocycles. The second-order valence-corrected chi connectivity index (χ2v) is 6.73. The third-order valence-electron chi connectivity index (χ3n) is 4.39. The molecule has 2 amide bonds. The first-order valence-corrected chi connectivity index (χ1v) is 9.18. The summed E-state index contributed by atoms with van der Waals surface area (Å²) in [6, 6.07) is 11.1. The maximum atomic E-state index is 12.4. The molecule has 0 aromatic heterocycles. The van der Waals surface area contributed by atoms with E-state index < -0.39 is 0 Å². The number of nitrogens with one attached hydrogen (secondary N) is 1. The molecule has 0 aliphatic carbocycles. The summed E-state index contributed by atoms with van der Waals surface area (Å²) in [5, 5.41) is 3.19. The standard InChI is InChI=1S/C21H25ClN2O2/c1-5-24(6-2)21(26)18-10-9-17(13-19(18)22)23-20(25)12-16-11-14(3)7-8-15(16)4/h7-11,13H,5-6,12H2,1-4H3,(H,23,25). The fourth-order valence-corrected chi connectivity index (χ4v) is 3.08. The third kappa shape index (κ3) is 4.85. The summed E-state index contributed by atoms with van der Waals surface area (Å²) in [4.78, 5) is 26.5. The van der Waals surface area contributed by atoms with Crippen molar-refractivity contribution in [1.29, 1.82) is 0 Å². The van der Waals surface area contributed by atoms with E-state index in [0.29, 0.717) is 35.8 Å². The van der Waals surface area contributed by atoms with Gasteiger partial charge in [-0.15, -0.1) is 0 Å². The largest absolute Gasteiger partial charge is 0.339 e. The van der Waals surface area contributed by atoms with Crippen molar-refractivity contribution in [2.45, 2.75) is 34.1 Å². The molecule has 5 heteroatoms. The van der Waals surface area contributed by atoms with Crippen molar-refractivity contribution >= 4 is 29.1 Å². The molecule has 0 spiro atoms. The number of halogens is 1. The minimum Gasteiger partial charge on any atom is -0.339 e. The van der Waals surface area contributed by atoms with E-state index in [0.717, 1.165) is 16.7 Å². The highest BCUT2D eigenvalue weighted by Gasteiger charge is 2.16. The van der Waals surface area contributed by atoms with Crippen molar-refractivity contribution in [1.82, 2.24) is 4.90 Å². The van der Waals surface area contributed by atoms with Crippen molar-refractivity contribution in [2.24, 2.45) is 0 Å². The van der Waals surface area contributed by atoms with Crippen LogP contribution in [0.3, 0.4) is 0 Å². The summed E-state index contributed by atoms with van der Waals surface area (Å²) in [6.07, 6.45) is 0.297. The van der Waals surface area contributed by atoms with Crippen LogP contribution in [0.1, 0.15) is 40.9 Å². The minimum absolute atomic E-state index is 0.103. The van der Waals surface area contributed by atoms with Crippen molar-refractivity contribution < 1.29 is 9.59 Å². The van der Waals surface area contributed by atoms with Crippen molar-refractivity contribution in [3.63, 3.8) is 0 Å². The fourth-order valence-electron chi connectivity index (χ4n) is 2.82. The Bertz CT molecular complexity index is 814. The van der Waals surface area contributed by atoms with Crippen LogP contribution in [0.4, 0.5) is 5.69 Å². The molecule has 138 valence electrons. The Labute approximate surface area is 160 Å². The molecule has 0 aliphatic heterocycles. The molecule has 0 fully saturated rings. The first-order valence-electron chi connectivity index (χ1n) is 8.80. The van der Waals surface area contributed by atoms with Crippen molar-refractivity contribution in [3.05, 3.63) is 63.7 Å². The molecule has 0 radical (unpaired) electrons. The van der Waals surface area contributed by atoms with Crippen LogP contribution in [0.2, 0.25) is 5.02 Å². The molecular formula is C21H25ClN2O2. The van der Waals surface area contributed by atoms with Gasteiger partial charge in [-0.2, -0.15) is 0 Å². The van der Waals surface area contributed by atoms with E-state index in [2.05, 4.69) is 5.32 Å². The topological polar surface area (TPSA) is 49.4 Å². The van der Waals surface area contributed by atoms with E-state index in [1.165, 1.54) is 0 Å². The van der Waals surface area contributed by atoms with Gasteiger partial charge in [0, 0.05) is 18.8 Å². The van der Waals surface area contributed by atoms with Crippen LogP contribution in [0.5, 0.6) is 0 Å². The number of anilines is 1. The summed E-state index contributed by atoms with van der Waals surface area (Å²) in [5.74, 6) is -0.217. The van der Waals surface area contributed by atoms with Gasteiger partial charge in [-0.3, -0.25) is 9.59 Å². The number of nitrogens with zero attached hydrogens (tertiary/aromatic N) is 1. The first kappa shape index (κ1) is 20.0. The molecule has 4 nitrogen and oxygen atoms in total. The molecule has 1 N–H and O–H groups in total. The molecule has 0 bridgehead atoms. The quantitative estimate of drug-likeness (QED) is 0.804. The average molecular weight is 373 g/mol. The average Bonchev–Trinajstić information content (AvgIpc) is 2.59. The summed E-state index contributed by atoms with van der Waals surface area (Å²) < 4.78 is 0. The Morgan fingerprint density at radius 1 is 1.04 bits per heavy atom. The second kappa shape index (κ2) is 8.86. The van der Waals surface area contributed by atoms with E-state index in [-0.39, 0.29) is 11.8 Å². The van der Waals surface area contributed by atoms with Crippen molar-refractivity contribution in [2.75, 3.05) is 18.4 Å². The molecule has 2 aromatic rings. The Hall–Kier alpha value is -2.33. The van der Waals surface area contributed by atoms with Gasteiger partial charge in [-0.1, -0.05) is 35.4 Å². The molecule has 0 unspecified atom stereocenters.